The first-order valence-corrected chi connectivity index (χ1v) is 11.3. The van der Waals surface area contributed by atoms with Crippen LogP contribution in [0.1, 0.15) is 30.1 Å². The minimum absolute atomic E-state index is 0.0506. The molecule has 1 aliphatic heterocycles. The van der Waals surface area contributed by atoms with Crippen LogP contribution in [0.4, 0.5) is 11.4 Å². The molecule has 9 heteroatoms. The molecule has 3 rings (SSSR count). The molecule has 180 valence electrons. The third-order valence-electron chi connectivity index (χ3n) is 5.50. The number of amides is 3. The first-order valence-electron chi connectivity index (χ1n) is 11.3. The van der Waals surface area contributed by atoms with Crippen LogP contribution in [0, 0.1) is 0 Å². The van der Waals surface area contributed by atoms with E-state index >= 15 is 0 Å². The molecule has 0 aliphatic carbocycles. The lowest BCUT2D eigenvalue weighted by atomic mass is 10.1. The van der Waals surface area contributed by atoms with Gasteiger partial charge in [0.1, 0.15) is 6.04 Å². The van der Waals surface area contributed by atoms with Crippen molar-refractivity contribution in [2.24, 2.45) is 0 Å². The highest BCUT2D eigenvalue weighted by Crippen LogP contribution is 2.17. The highest BCUT2D eigenvalue weighted by atomic mass is 16.5. The minimum Gasteiger partial charge on any atom is -0.466 e. The Kier molecular flexibility index (Phi) is 8.61. The average molecular weight is 467 g/mol. The van der Waals surface area contributed by atoms with E-state index in [4.69, 9.17) is 4.74 Å². The Morgan fingerprint density at radius 2 is 1.82 bits per heavy atom. The summed E-state index contributed by atoms with van der Waals surface area (Å²) in [5.74, 6) is -1.31. The number of hydrogen-bond acceptors (Lipinski definition) is 6. The Morgan fingerprint density at radius 1 is 1.12 bits per heavy atom. The van der Waals surface area contributed by atoms with E-state index in [0.717, 1.165) is 5.69 Å². The largest absolute Gasteiger partial charge is 0.466 e. The summed E-state index contributed by atoms with van der Waals surface area (Å²) < 4.78 is 5.07. The predicted octanol–water partition coefficient (Wildman–Crippen LogP) is 2.05. The molecular weight excluding hydrogens is 436 g/mol. The molecule has 0 bridgehead atoms. The first kappa shape index (κ1) is 24.8. The fraction of sp³-hybridized carbons (Fsp3) is 0.360. The molecule has 1 heterocycles. The number of rotatable bonds is 9. The summed E-state index contributed by atoms with van der Waals surface area (Å²) in [5.41, 5.74) is 1.97. The van der Waals surface area contributed by atoms with Crippen molar-refractivity contribution in [1.29, 1.82) is 0 Å². The maximum atomic E-state index is 12.8. The van der Waals surface area contributed by atoms with Crippen LogP contribution in [0.5, 0.6) is 0 Å². The molecule has 1 unspecified atom stereocenters. The summed E-state index contributed by atoms with van der Waals surface area (Å²) in [6.45, 7) is 2.76. The Balaban J connectivity index is 1.57. The molecular formula is C25H30N4O5. The van der Waals surface area contributed by atoms with Gasteiger partial charge in [-0.2, -0.15) is 0 Å². The topological polar surface area (TPSA) is 108 Å². The normalized spacial score (nSPS) is 15.3. The van der Waals surface area contributed by atoms with Gasteiger partial charge in [0.15, 0.2) is 0 Å². The van der Waals surface area contributed by atoms with Gasteiger partial charge >= 0.3 is 5.97 Å². The van der Waals surface area contributed by atoms with Gasteiger partial charge in [0.2, 0.25) is 11.8 Å². The van der Waals surface area contributed by atoms with E-state index in [2.05, 4.69) is 10.6 Å². The summed E-state index contributed by atoms with van der Waals surface area (Å²) in [5, 5.41) is 5.72. The number of ether oxygens (including phenoxy) is 1. The number of benzene rings is 2. The first-order chi connectivity index (χ1) is 16.4. The number of nitrogens with one attached hydrogen (secondary N) is 2. The zero-order valence-corrected chi connectivity index (χ0v) is 19.5. The van der Waals surface area contributed by atoms with Crippen molar-refractivity contribution >= 4 is 35.1 Å². The van der Waals surface area contributed by atoms with E-state index in [1.807, 2.05) is 37.3 Å². The van der Waals surface area contributed by atoms with Crippen LogP contribution in [0.15, 0.2) is 54.6 Å². The molecule has 1 saturated heterocycles. The van der Waals surface area contributed by atoms with Crippen LogP contribution in [0.3, 0.4) is 0 Å². The van der Waals surface area contributed by atoms with Crippen LogP contribution < -0.4 is 15.5 Å². The summed E-state index contributed by atoms with van der Waals surface area (Å²) in [7, 11) is 1.71. The van der Waals surface area contributed by atoms with Crippen molar-refractivity contribution in [2.75, 3.05) is 43.5 Å². The highest BCUT2D eigenvalue weighted by Gasteiger charge is 2.34. The Bertz CT molecular complexity index is 1010. The minimum atomic E-state index is -0.888. The van der Waals surface area contributed by atoms with Gasteiger partial charge in [-0.15, -0.1) is 0 Å². The van der Waals surface area contributed by atoms with Gasteiger partial charge in [-0.3, -0.25) is 19.2 Å². The number of carbonyl (C=O) groups is 4. The van der Waals surface area contributed by atoms with Crippen LogP contribution in [0.2, 0.25) is 0 Å². The molecule has 2 aromatic rings. The predicted molar refractivity (Wildman–Crippen MR) is 128 cm³/mol. The second-order valence-electron chi connectivity index (χ2n) is 7.95. The van der Waals surface area contributed by atoms with E-state index in [-0.39, 0.29) is 37.3 Å². The average Bonchev–Trinajstić information content (AvgIpc) is 2.87. The van der Waals surface area contributed by atoms with Gasteiger partial charge < -0.3 is 25.2 Å². The fourth-order valence-electron chi connectivity index (χ4n) is 3.62. The van der Waals surface area contributed by atoms with Gasteiger partial charge in [-0.25, -0.2) is 0 Å². The molecule has 2 aromatic carbocycles. The monoisotopic (exact) mass is 466 g/mol. The molecule has 1 aliphatic rings. The quantitative estimate of drug-likeness (QED) is 0.548. The van der Waals surface area contributed by atoms with Crippen LogP contribution in [-0.2, 0) is 19.1 Å². The van der Waals surface area contributed by atoms with Crippen LogP contribution >= 0.6 is 0 Å². The standard InChI is InChI=1S/C25H30N4O5/c1-3-15-34-23(31)16-21-24(32)26-13-14-29(21)22(30)17-27-19-11-9-18(10-12-19)25(33)28(2)20-7-5-4-6-8-20/h4-12,21,27H,3,13-17H2,1-2H3,(H,26,32). The lowest BCUT2D eigenvalue weighted by Gasteiger charge is -2.34. The Labute approximate surface area is 199 Å². The molecule has 0 aromatic heterocycles. The molecule has 1 atom stereocenters. The van der Waals surface area contributed by atoms with Crippen molar-refractivity contribution < 1.29 is 23.9 Å². The highest BCUT2D eigenvalue weighted by molar-refractivity contribution is 6.05. The third kappa shape index (κ3) is 6.34. The number of nitrogens with zero attached hydrogens (tertiary/aromatic N) is 2. The lowest BCUT2D eigenvalue weighted by Crippen LogP contribution is -2.58. The zero-order valence-electron chi connectivity index (χ0n) is 19.5. The molecule has 0 saturated carbocycles. The summed E-state index contributed by atoms with van der Waals surface area (Å²) in [6.07, 6.45) is 0.505. The lowest BCUT2D eigenvalue weighted by molar-refractivity contribution is -0.151. The maximum Gasteiger partial charge on any atom is 0.308 e. The number of para-hydroxylation sites is 1. The van der Waals surface area contributed by atoms with Gasteiger partial charge in [-0.05, 0) is 42.8 Å². The van der Waals surface area contributed by atoms with Crippen molar-refractivity contribution in [3.63, 3.8) is 0 Å². The van der Waals surface area contributed by atoms with Gasteiger partial charge in [0.25, 0.3) is 5.91 Å². The van der Waals surface area contributed by atoms with E-state index in [9.17, 15) is 19.2 Å². The van der Waals surface area contributed by atoms with E-state index in [1.54, 1.807) is 36.2 Å². The second kappa shape index (κ2) is 11.8. The second-order valence-corrected chi connectivity index (χ2v) is 7.95. The number of anilines is 2. The van der Waals surface area contributed by atoms with Crippen molar-refractivity contribution in [3.8, 4) is 0 Å². The number of hydrogen-bond donors (Lipinski definition) is 2. The third-order valence-corrected chi connectivity index (χ3v) is 5.50. The zero-order chi connectivity index (χ0) is 24.5. The molecule has 34 heavy (non-hydrogen) atoms. The number of esters is 1. The van der Waals surface area contributed by atoms with Crippen LogP contribution in [-0.4, -0.2) is 67.9 Å². The molecule has 3 amide bonds. The summed E-state index contributed by atoms with van der Waals surface area (Å²) in [4.78, 5) is 52.8. The molecule has 1 fully saturated rings. The van der Waals surface area contributed by atoms with E-state index in [1.165, 1.54) is 4.90 Å². The van der Waals surface area contributed by atoms with Crippen LogP contribution in [0.25, 0.3) is 0 Å². The Morgan fingerprint density at radius 3 is 2.50 bits per heavy atom. The van der Waals surface area contributed by atoms with E-state index < -0.39 is 12.0 Å². The smallest absolute Gasteiger partial charge is 0.308 e. The maximum absolute atomic E-state index is 12.8. The summed E-state index contributed by atoms with van der Waals surface area (Å²) in [6, 6.07) is 15.3. The van der Waals surface area contributed by atoms with Crippen molar-refractivity contribution in [1.82, 2.24) is 10.2 Å². The Hall–Kier alpha value is -3.88. The SMILES string of the molecule is CCCOC(=O)CC1C(=O)NCCN1C(=O)CNc1ccc(C(=O)N(C)c2ccccc2)cc1. The van der Waals surface area contributed by atoms with Gasteiger partial charge in [0, 0.05) is 37.1 Å². The molecule has 2 N–H and O–H groups in total. The number of carbonyl (C=O) groups excluding carboxylic acids is 4. The van der Waals surface area contributed by atoms with E-state index in [0.29, 0.717) is 30.8 Å². The fourth-order valence-corrected chi connectivity index (χ4v) is 3.62. The number of piperazine rings is 1. The van der Waals surface area contributed by atoms with Gasteiger partial charge in [0.05, 0.1) is 19.6 Å². The van der Waals surface area contributed by atoms with Crippen molar-refractivity contribution in [2.45, 2.75) is 25.8 Å². The van der Waals surface area contributed by atoms with Crippen molar-refractivity contribution in [3.05, 3.63) is 60.2 Å². The molecule has 0 radical (unpaired) electrons. The van der Waals surface area contributed by atoms with Gasteiger partial charge in [-0.1, -0.05) is 25.1 Å². The summed E-state index contributed by atoms with van der Waals surface area (Å²) >= 11 is 0. The molecule has 9 nitrogen and oxygen atoms in total. The molecule has 0 spiro atoms.